The van der Waals surface area contributed by atoms with Crippen LogP contribution in [-0.4, -0.2) is 6.54 Å². The van der Waals surface area contributed by atoms with E-state index in [0.717, 1.165) is 11.6 Å². The normalized spacial score (nSPS) is 12.9. The molecule has 1 rings (SSSR count). The van der Waals surface area contributed by atoms with Gasteiger partial charge in [0.1, 0.15) is 0 Å². The number of rotatable bonds is 9. The number of hydrogen-bond acceptors (Lipinski definition) is 1. The highest BCUT2D eigenvalue weighted by atomic mass is 35.5. The van der Waals surface area contributed by atoms with Gasteiger partial charge < -0.3 is 5.32 Å². The van der Waals surface area contributed by atoms with Crippen LogP contribution >= 0.6 is 11.6 Å². The zero-order valence-electron chi connectivity index (χ0n) is 12.6. The van der Waals surface area contributed by atoms with E-state index >= 15 is 0 Å². The van der Waals surface area contributed by atoms with Crippen molar-refractivity contribution in [2.24, 2.45) is 5.92 Å². The van der Waals surface area contributed by atoms with Crippen LogP contribution in [0.3, 0.4) is 0 Å². The van der Waals surface area contributed by atoms with Crippen molar-refractivity contribution < 1.29 is 0 Å². The summed E-state index contributed by atoms with van der Waals surface area (Å²) in [7, 11) is 0. The van der Waals surface area contributed by atoms with Crippen molar-refractivity contribution in [3.8, 4) is 0 Å². The van der Waals surface area contributed by atoms with Gasteiger partial charge in [0, 0.05) is 11.1 Å². The average Bonchev–Trinajstić information content (AvgIpc) is 2.39. The molecule has 0 amide bonds. The van der Waals surface area contributed by atoms with Crippen LogP contribution in [0.5, 0.6) is 0 Å². The van der Waals surface area contributed by atoms with E-state index in [2.05, 4.69) is 38.2 Å². The maximum absolute atomic E-state index is 5.95. The molecule has 0 aromatic heterocycles. The summed E-state index contributed by atoms with van der Waals surface area (Å²) in [6.45, 7) is 7.90. The fourth-order valence-corrected chi connectivity index (χ4v) is 2.52. The molecule has 0 radical (unpaired) electrons. The van der Waals surface area contributed by atoms with Gasteiger partial charge in [0.25, 0.3) is 0 Å². The third-order valence-corrected chi connectivity index (χ3v) is 3.79. The molecule has 1 aromatic carbocycles. The molecule has 108 valence electrons. The summed E-state index contributed by atoms with van der Waals surface area (Å²) >= 11 is 5.95. The summed E-state index contributed by atoms with van der Waals surface area (Å²) in [6.07, 6.45) is 6.66. The second kappa shape index (κ2) is 9.39. The van der Waals surface area contributed by atoms with E-state index in [4.69, 9.17) is 11.6 Å². The van der Waals surface area contributed by atoms with Crippen LogP contribution in [0.2, 0.25) is 5.02 Å². The molecule has 0 aliphatic heterocycles. The van der Waals surface area contributed by atoms with Gasteiger partial charge in [0.05, 0.1) is 0 Å². The molecule has 0 fully saturated rings. The van der Waals surface area contributed by atoms with Crippen molar-refractivity contribution >= 4 is 11.6 Å². The Labute approximate surface area is 123 Å². The molecular weight excluding hydrogens is 254 g/mol. The zero-order valence-corrected chi connectivity index (χ0v) is 13.3. The van der Waals surface area contributed by atoms with Crippen molar-refractivity contribution in [3.05, 3.63) is 34.9 Å². The standard InChI is InChI=1S/C17H28ClN/c1-4-5-6-7-8-13-19-17(14(2)3)15-9-11-16(18)12-10-15/h9-12,14,17,19H,4-8,13H2,1-3H3. The number of hydrogen-bond donors (Lipinski definition) is 1. The van der Waals surface area contributed by atoms with Gasteiger partial charge in [-0.25, -0.2) is 0 Å². The smallest absolute Gasteiger partial charge is 0.0406 e. The van der Waals surface area contributed by atoms with E-state index < -0.39 is 0 Å². The van der Waals surface area contributed by atoms with Gasteiger partial charge in [-0.15, -0.1) is 0 Å². The van der Waals surface area contributed by atoms with Gasteiger partial charge in [-0.05, 0) is 36.6 Å². The van der Waals surface area contributed by atoms with Crippen molar-refractivity contribution in [3.63, 3.8) is 0 Å². The van der Waals surface area contributed by atoms with Crippen LogP contribution in [0, 0.1) is 5.92 Å². The quantitative estimate of drug-likeness (QED) is 0.581. The first-order valence-corrected chi connectivity index (χ1v) is 8.01. The predicted molar refractivity (Wildman–Crippen MR) is 85.8 cm³/mol. The second-order valence-corrected chi connectivity index (χ2v) is 6.08. The van der Waals surface area contributed by atoms with E-state index in [1.54, 1.807) is 0 Å². The van der Waals surface area contributed by atoms with Crippen molar-refractivity contribution in [1.29, 1.82) is 0 Å². The molecule has 0 saturated heterocycles. The Morgan fingerprint density at radius 2 is 1.63 bits per heavy atom. The molecule has 19 heavy (non-hydrogen) atoms. The summed E-state index contributed by atoms with van der Waals surface area (Å²) in [5.41, 5.74) is 1.34. The molecule has 0 aliphatic rings. The number of nitrogens with one attached hydrogen (secondary N) is 1. The first-order chi connectivity index (χ1) is 9.15. The Bertz CT molecular complexity index is 332. The Balaban J connectivity index is 2.39. The minimum atomic E-state index is 0.434. The van der Waals surface area contributed by atoms with E-state index in [9.17, 15) is 0 Å². The number of unbranched alkanes of at least 4 members (excludes halogenated alkanes) is 4. The maximum Gasteiger partial charge on any atom is 0.0406 e. The van der Waals surface area contributed by atoms with E-state index in [1.165, 1.54) is 37.7 Å². The van der Waals surface area contributed by atoms with Crippen LogP contribution in [0.15, 0.2) is 24.3 Å². The summed E-state index contributed by atoms with van der Waals surface area (Å²) in [4.78, 5) is 0. The molecule has 0 saturated carbocycles. The molecule has 1 aromatic rings. The Morgan fingerprint density at radius 3 is 2.21 bits per heavy atom. The monoisotopic (exact) mass is 281 g/mol. The molecule has 0 spiro atoms. The molecule has 1 atom stereocenters. The molecule has 2 heteroatoms. The maximum atomic E-state index is 5.95. The highest BCUT2D eigenvalue weighted by Crippen LogP contribution is 2.23. The SMILES string of the molecule is CCCCCCCNC(c1ccc(Cl)cc1)C(C)C. The molecule has 0 bridgehead atoms. The Morgan fingerprint density at radius 1 is 1.00 bits per heavy atom. The predicted octanol–water partition coefficient (Wildman–Crippen LogP) is 5.60. The van der Waals surface area contributed by atoms with Gasteiger partial charge in [-0.1, -0.05) is 70.2 Å². The Hall–Kier alpha value is -0.530. The molecule has 1 unspecified atom stereocenters. The van der Waals surface area contributed by atoms with Gasteiger partial charge >= 0.3 is 0 Å². The third-order valence-electron chi connectivity index (χ3n) is 3.54. The lowest BCUT2D eigenvalue weighted by molar-refractivity contribution is 0.405. The highest BCUT2D eigenvalue weighted by molar-refractivity contribution is 6.30. The van der Waals surface area contributed by atoms with Gasteiger partial charge in [-0.2, -0.15) is 0 Å². The number of benzene rings is 1. The molecular formula is C17H28ClN. The largest absolute Gasteiger partial charge is 0.310 e. The lowest BCUT2D eigenvalue weighted by Gasteiger charge is -2.23. The van der Waals surface area contributed by atoms with Crippen LogP contribution in [0.25, 0.3) is 0 Å². The molecule has 1 nitrogen and oxygen atoms in total. The fourth-order valence-electron chi connectivity index (χ4n) is 2.39. The lowest BCUT2D eigenvalue weighted by Crippen LogP contribution is -2.26. The third kappa shape index (κ3) is 6.44. The molecule has 0 aliphatic carbocycles. The van der Waals surface area contributed by atoms with E-state index in [1.807, 2.05) is 12.1 Å². The van der Waals surface area contributed by atoms with Gasteiger partial charge in [0.2, 0.25) is 0 Å². The van der Waals surface area contributed by atoms with Gasteiger partial charge in [0.15, 0.2) is 0 Å². The number of halogens is 1. The summed E-state index contributed by atoms with van der Waals surface area (Å²) in [6, 6.07) is 8.67. The summed E-state index contributed by atoms with van der Waals surface area (Å²) < 4.78 is 0. The van der Waals surface area contributed by atoms with E-state index in [0.29, 0.717) is 12.0 Å². The summed E-state index contributed by atoms with van der Waals surface area (Å²) in [5.74, 6) is 0.594. The zero-order chi connectivity index (χ0) is 14.1. The molecule has 1 N–H and O–H groups in total. The molecule has 0 heterocycles. The second-order valence-electron chi connectivity index (χ2n) is 5.64. The van der Waals surface area contributed by atoms with E-state index in [-0.39, 0.29) is 0 Å². The topological polar surface area (TPSA) is 12.0 Å². The highest BCUT2D eigenvalue weighted by Gasteiger charge is 2.14. The average molecular weight is 282 g/mol. The van der Waals surface area contributed by atoms with Crippen molar-refractivity contribution in [2.45, 2.75) is 58.9 Å². The first-order valence-electron chi connectivity index (χ1n) is 7.64. The Kier molecular flexibility index (Phi) is 8.16. The lowest BCUT2D eigenvalue weighted by atomic mass is 9.96. The van der Waals surface area contributed by atoms with Crippen molar-refractivity contribution in [2.75, 3.05) is 6.54 Å². The van der Waals surface area contributed by atoms with Crippen LogP contribution < -0.4 is 5.32 Å². The van der Waals surface area contributed by atoms with Crippen LogP contribution in [-0.2, 0) is 0 Å². The van der Waals surface area contributed by atoms with Crippen LogP contribution in [0.4, 0.5) is 0 Å². The summed E-state index contributed by atoms with van der Waals surface area (Å²) in [5, 5.41) is 4.50. The van der Waals surface area contributed by atoms with Crippen LogP contribution in [0.1, 0.15) is 64.5 Å². The van der Waals surface area contributed by atoms with Gasteiger partial charge in [-0.3, -0.25) is 0 Å². The minimum absolute atomic E-state index is 0.434. The van der Waals surface area contributed by atoms with Crippen molar-refractivity contribution in [1.82, 2.24) is 5.32 Å². The fraction of sp³-hybridized carbons (Fsp3) is 0.647. The first kappa shape index (κ1) is 16.5. The minimum Gasteiger partial charge on any atom is -0.310 e.